The zero-order chi connectivity index (χ0) is 25.8. The number of methoxy groups -OCH3 is 1. The third-order valence-corrected chi connectivity index (χ3v) is 6.32. The number of nitrogens with zero attached hydrogens (tertiary/aromatic N) is 1. The van der Waals surface area contributed by atoms with Crippen molar-refractivity contribution in [2.45, 2.75) is 26.6 Å². The van der Waals surface area contributed by atoms with Gasteiger partial charge in [-0.1, -0.05) is 29.8 Å². The molecule has 0 bridgehead atoms. The molecular formula is C29H29N3O5. The van der Waals surface area contributed by atoms with Crippen molar-refractivity contribution in [3.8, 4) is 17.2 Å². The SMILES string of the molecule is COc1ccc(CNC(=O)Cn2c(=O)c(CNc3ccc(C)cc3)cc3cc4c(cc32)OCCO4)cc1. The molecule has 3 aromatic carbocycles. The number of amides is 1. The lowest BCUT2D eigenvalue weighted by molar-refractivity contribution is -0.121. The summed E-state index contributed by atoms with van der Waals surface area (Å²) in [6.45, 7) is 3.47. The molecule has 1 aliphatic heterocycles. The summed E-state index contributed by atoms with van der Waals surface area (Å²) in [5.41, 5.74) is 3.94. The van der Waals surface area contributed by atoms with Gasteiger partial charge in [0.25, 0.3) is 5.56 Å². The number of pyridine rings is 1. The maximum absolute atomic E-state index is 13.6. The number of fused-ring (bicyclic) bond motifs is 2. The van der Waals surface area contributed by atoms with Crippen molar-refractivity contribution in [2.24, 2.45) is 0 Å². The Morgan fingerprint density at radius 2 is 1.65 bits per heavy atom. The third-order valence-electron chi connectivity index (χ3n) is 6.32. The van der Waals surface area contributed by atoms with Gasteiger partial charge in [-0.25, -0.2) is 0 Å². The Morgan fingerprint density at radius 3 is 2.35 bits per heavy atom. The highest BCUT2D eigenvalue weighted by molar-refractivity contribution is 5.86. The second-order valence-electron chi connectivity index (χ2n) is 8.96. The lowest BCUT2D eigenvalue weighted by atomic mass is 10.1. The van der Waals surface area contributed by atoms with E-state index in [0.717, 1.165) is 28.0 Å². The minimum Gasteiger partial charge on any atom is -0.497 e. The molecule has 8 heteroatoms. The largest absolute Gasteiger partial charge is 0.497 e. The van der Waals surface area contributed by atoms with Crippen LogP contribution in [0.2, 0.25) is 0 Å². The Kier molecular flexibility index (Phi) is 6.98. The smallest absolute Gasteiger partial charge is 0.256 e. The van der Waals surface area contributed by atoms with Crippen molar-refractivity contribution in [1.82, 2.24) is 9.88 Å². The van der Waals surface area contributed by atoms with Crippen LogP contribution < -0.4 is 30.4 Å². The van der Waals surface area contributed by atoms with Crippen molar-refractivity contribution in [2.75, 3.05) is 25.6 Å². The Hall–Kier alpha value is -4.46. The molecule has 0 atom stereocenters. The monoisotopic (exact) mass is 499 g/mol. The van der Waals surface area contributed by atoms with Gasteiger partial charge < -0.3 is 24.8 Å². The maximum Gasteiger partial charge on any atom is 0.256 e. The van der Waals surface area contributed by atoms with Crippen molar-refractivity contribution >= 4 is 22.5 Å². The number of carbonyl (C=O) groups excluding carboxylic acids is 1. The first kappa shape index (κ1) is 24.2. The number of nitrogens with one attached hydrogen (secondary N) is 2. The van der Waals surface area contributed by atoms with Gasteiger partial charge in [0.1, 0.15) is 25.5 Å². The topological polar surface area (TPSA) is 90.8 Å². The highest BCUT2D eigenvalue weighted by Gasteiger charge is 2.18. The molecule has 2 N–H and O–H groups in total. The summed E-state index contributed by atoms with van der Waals surface area (Å²) >= 11 is 0. The number of aryl methyl sites for hydroxylation is 1. The summed E-state index contributed by atoms with van der Waals surface area (Å²) in [5.74, 6) is 1.68. The van der Waals surface area contributed by atoms with Crippen LogP contribution in [0.15, 0.2) is 71.5 Å². The molecule has 37 heavy (non-hydrogen) atoms. The molecule has 0 saturated carbocycles. The van der Waals surface area contributed by atoms with Crippen LogP contribution in [0, 0.1) is 6.92 Å². The first-order chi connectivity index (χ1) is 18.0. The quantitative estimate of drug-likeness (QED) is 0.381. The zero-order valence-corrected chi connectivity index (χ0v) is 20.9. The molecule has 190 valence electrons. The number of carbonyl (C=O) groups is 1. The van der Waals surface area contributed by atoms with Gasteiger partial charge in [-0.3, -0.25) is 14.2 Å². The number of hydrogen-bond donors (Lipinski definition) is 2. The highest BCUT2D eigenvalue weighted by Crippen LogP contribution is 2.34. The number of aromatic nitrogens is 1. The first-order valence-electron chi connectivity index (χ1n) is 12.2. The summed E-state index contributed by atoms with van der Waals surface area (Å²) in [5, 5.41) is 7.02. The lowest BCUT2D eigenvalue weighted by Crippen LogP contribution is -2.34. The Balaban J connectivity index is 1.42. The fraction of sp³-hybridized carbons (Fsp3) is 0.241. The van der Waals surface area contributed by atoms with Gasteiger partial charge in [0.05, 0.1) is 12.6 Å². The van der Waals surface area contributed by atoms with Crippen LogP contribution in [0.1, 0.15) is 16.7 Å². The van der Waals surface area contributed by atoms with Crippen molar-refractivity contribution < 1.29 is 19.0 Å². The number of anilines is 1. The average Bonchev–Trinajstić information content (AvgIpc) is 2.93. The van der Waals surface area contributed by atoms with Gasteiger partial charge in [-0.2, -0.15) is 0 Å². The van der Waals surface area contributed by atoms with E-state index >= 15 is 0 Å². The fourth-order valence-electron chi connectivity index (χ4n) is 4.27. The molecule has 0 saturated heterocycles. The van der Waals surface area contributed by atoms with E-state index in [0.29, 0.717) is 48.9 Å². The van der Waals surface area contributed by atoms with Gasteiger partial charge in [-0.05, 0) is 48.9 Å². The molecule has 1 aliphatic rings. The molecule has 0 fully saturated rings. The molecule has 0 aliphatic carbocycles. The second-order valence-corrected chi connectivity index (χ2v) is 8.96. The molecule has 4 aromatic rings. The van der Waals surface area contributed by atoms with E-state index < -0.39 is 0 Å². The summed E-state index contributed by atoms with van der Waals surface area (Å²) < 4.78 is 18.2. The normalized spacial score (nSPS) is 12.3. The minimum atomic E-state index is -0.266. The highest BCUT2D eigenvalue weighted by atomic mass is 16.6. The van der Waals surface area contributed by atoms with Crippen molar-refractivity contribution in [3.05, 3.63) is 93.8 Å². The van der Waals surface area contributed by atoms with Crippen LogP contribution >= 0.6 is 0 Å². The molecule has 5 rings (SSSR count). The predicted molar refractivity (Wildman–Crippen MR) is 143 cm³/mol. The van der Waals surface area contributed by atoms with Gasteiger partial charge in [-0.15, -0.1) is 0 Å². The summed E-state index contributed by atoms with van der Waals surface area (Å²) in [6, 6.07) is 20.9. The predicted octanol–water partition coefficient (Wildman–Crippen LogP) is 4.02. The molecule has 0 radical (unpaired) electrons. The van der Waals surface area contributed by atoms with Gasteiger partial charge in [0.15, 0.2) is 11.5 Å². The van der Waals surface area contributed by atoms with Crippen LogP contribution in [0.4, 0.5) is 5.69 Å². The van der Waals surface area contributed by atoms with Crippen LogP contribution in [-0.4, -0.2) is 30.8 Å². The summed E-state index contributed by atoms with van der Waals surface area (Å²) in [6.07, 6.45) is 0. The minimum absolute atomic E-state index is 0.122. The van der Waals surface area contributed by atoms with E-state index in [-0.39, 0.29) is 18.0 Å². The van der Waals surface area contributed by atoms with E-state index in [1.807, 2.05) is 67.6 Å². The molecule has 8 nitrogen and oxygen atoms in total. The average molecular weight is 500 g/mol. The van der Waals surface area contributed by atoms with Gasteiger partial charge >= 0.3 is 0 Å². The van der Waals surface area contributed by atoms with Crippen molar-refractivity contribution in [1.29, 1.82) is 0 Å². The molecule has 2 heterocycles. The van der Waals surface area contributed by atoms with E-state index in [4.69, 9.17) is 14.2 Å². The van der Waals surface area contributed by atoms with Gasteiger partial charge in [0, 0.05) is 35.8 Å². The molecule has 0 unspecified atom stereocenters. The van der Waals surface area contributed by atoms with Crippen LogP contribution in [0.5, 0.6) is 17.2 Å². The standard InChI is InChI=1S/C29H29N3O5/c1-19-3-7-23(8-4-19)30-17-22-13-21-14-26-27(37-12-11-36-26)15-25(21)32(29(22)34)18-28(33)31-16-20-5-9-24(35-2)10-6-20/h3-10,13-15,30H,11-12,16-18H2,1-2H3,(H,31,33). The van der Waals surface area contributed by atoms with E-state index in [1.54, 1.807) is 13.2 Å². The second kappa shape index (κ2) is 10.7. The number of hydrogen-bond acceptors (Lipinski definition) is 6. The van der Waals surface area contributed by atoms with Crippen molar-refractivity contribution in [3.63, 3.8) is 0 Å². The number of benzene rings is 3. The lowest BCUT2D eigenvalue weighted by Gasteiger charge is -2.21. The van der Waals surface area contributed by atoms with Gasteiger partial charge in [0.2, 0.25) is 5.91 Å². The van der Waals surface area contributed by atoms with Crippen LogP contribution in [0.3, 0.4) is 0 Å². The van der Waals surface area contributed by atoms with Crippen LogP contribution in [0.25, 0.3) is 10.9 Å². The molecule has 1 aromatic heterocycles. The summed E-state index contributed by atoms with van der Waals surface area (Å²) in [7, 11) is 1.61. The maximum atomic E-state index is 13.6. The Morgan fingerprint density at radius 1 is 0.946 bits per heavy atom. The number of rotatable bonds is 8. The molecule has 1 amide bonds. The fourth-order valence-corrected chi connectivity index (χ4v) is 4.27. The summed E-state index contributed by atoms with van der Waals surface area (Å²) in [4.78, 5) is 26.5. The molecular weight excluding hydrogens is 470 g/mol. The third kappa shape index (κ3) is 5.53. The van der Waals surface area contributed by atoms with E-state index in [1.165, 1.54) is 4.57 Å². The van der Waals surface area contributed by atoms with Crippen LogP contribution in [-0.2, 0) is 24.4 Å². The number of ether oxygens (including phenoxy) is 3. The molecule has 0 spiro atoms. The first-order valence-corrected chi connectivity index (χ1v) is 12.2. The van der Waals surface area contributed by atoms with E-state index in [2.05, 4.69) is 10.6 Å². The van der Waals surface area contributed by atoms with E-state index in [9.17, 15) is 9.59 Å². The zero-order valence-electron chi connectivity index (χ0n) is 20.9. The Bertz CT molecular complexity index is 1480. The Labute approximate surface area is 214 Å².